The van der Waals surface area contributed by atoms with E-state index in [1.165, 1.54) is 0 Å². The van der Waals surface area contributed by atoms with Crippen molar-refractivity contribution in [3.8, 4) is 0 Å². The molecule has 2 fully saturated rings. The van der Waals surface area contributed by atoms with Gasteiger partial charge >= 0.3 is 0 Å². The molecule has 2 N–H and O–H groups in total. The summed E-state index contributed by atoms with van der Waals surface area (Å²) in [6.07, 6.45) is 3.81. The van der Waals surface area contributed by atoms with Crippen molar-refractivity contribution in [3.63, 3.8) is 0 Å². The van der Waals surface area contributed by atoms with Crippen LogP contribution in [0.4, 0.5) is 0 Å². The summed E-state index contributed by atoms with van der Waals surface area (Å²) in [5, 5.41) is 21.1. The zero-order valence-electron chi connectivity index (χ0n) is 10.4. The van der Waals surface area contributed by atoms with E-state index in [1.807, 2.05) is 20.8 Å². The minimum Gasteiger partial charge on any atom is -0.386 e. The molecule has 3 nitrogen and oxygen atoms in total. The highest BCUT2D eigenvalue weighted by molar-refractivity contribution is 5.99. The molecule has 1 unspecified atom stereocenters. The van der Waals surface area contributed by atoms with Gasteiger partial charge in [0.15, 0.2) is 11.4 Å². The van der Waals surface area contributed by atoms with E-state index >= 15 is 0 Å². The van der Waals surface area contributed by atoms with Gasteiger partial charge in [0.1, 0.15) is 5.60 Å². The first-order chi connectivity index (χ1) is 7.24. The highest BCUT2D eigenvalue weighted by Crippen LogP contribution is 2.54. The smallest absolute Gasteiger partial charge is 0.173 e. The molecule has 2 rings (SSSR count). The third kappa shape index (κ3) is 1.31. The van der Waals surface area contributed by atoms with Gasteiger partial charge in [0.2, 0.25) is 0 Å². The minimum absolute atomic E-state index is 0.00583. The third-order valence-electron chi connectivity index (χ3n) is 4.66. The van der Waals surface area contributed by atoms with E-state index < -0.39 is 16.6 Å². The topological polar surface area (TPSA) is 57.5 Å². The van der Waals surface area contributed by atoms with Crippen molar-refractivity contribution in [2.45, 2.75) is 64.1 Å². The standard InChI is InChI=1S/C13H22O3/c1-9-6-4-5-7-12(9,15)13(16)8-11(2,3)10(13)14/h9,15-16H,4-8H2,1-3H3/t9-,12+,13?/m0/s1. The van der Waals surface area contributed by atoms with Crippen molar-refractivity contribution < 1.29 is 15.0 Å². The van der Waals surface area contributed by atoms with Gasteiger partial charge in [-0.3, -0.25) is 4.79 Å². The van der Waals surface area contributed by atoms with E-state index in [-0.39, 0.29) is 11.7 Å². The zero-order valence-corrected chi connectivity index (χ0v) is 10.4. The van der Waals surface area contributed by atoms with Gasteiger partial charge in [-0.2, -0.15) is 0 Å². The second kappa shape index (κ2) is 3.30. The van der Waals surface area contributed by atoms with Crippen LogP contribution in [0.25, 0.3) is 0 Å². The highest BCUT2D eigenvalue weighted by atomic mass is 16.4. The van der Waals surface area contributed by atoms with Crippen LogP contribution in [-0.4, -0.2) is 27.2 Å². The minimum atomic E-state index is -1.49. The Morgan fingerprint density at radius 2 is 1.88 bits per heavy atom. The molecule has 92 valence electrons. The van der Waals surface area contributed by atoms with Gasteiger partial charge in [-0.05, 0) is 25.2 Å². The fourth-order valence-corrected chi connectivity index (χ4v) is 3.55. The summed E-state index contributed by atoms with van der Waals surface area (Å²) >= 11 is 0. The van der Waals surface area contributed by atoms with Crippen molar-refractivity contribution in [2.75, 3.05) is 0 Å². The summed E-state index contributed by atoms with van der Waals surface area (Å²) in [5.41, 5.74) is -3.16. The molecule has 0 aliphatic heterocycles. The van der Waals surface area contributed by atoms with Crippen LogP contribution in [0.5, 0.6) is 0 Å². The van der Waals surface area contributed by atoms with Gasteiger partial charge in [0.25, 0.3) is 0 Å². The Hall–Kier alpha value is -0.410. The second-order valence-electron chi connectivity index (χ2n) is 6.32. The summed E-state index contributed by atoms with van der Waals surface area (Å²) < 4.78 is 0. The Kier molecular flexibility index (Phi) is 2.48. The normalized spacial score (nSPS) is 47.6. The lowest BCUT2D eigenvalue weighted by atomic mass is 9.50. The van der Waals surface area contributed by atoms with E-state index in [0.717, 1.165) is 19.3 Å². The molecule has 16 heavy (non-hydrogen) atoms. The average molecular weight is 226 g/mol. The van der Waals surface area contributed by atoms with Crippen LogP contribution in [-0.2, 0) is 4.79 Å². The Bertz CT molecular complexity index is 323. The number of Topliss-reactive ketones (excluding diaryl/α,β-unsaturated/α-hetero) is 1. The molecule has 2 saturated carbocycles. The van der Waals surface area contributed by atoms with Crippen LogP contribution in [0.1, 0.15) is 52.9 Å². The number of rotatable bonds is 1. The highest BCUT2D eigenvalue weighted by Gasteiger charge is 2.68. The summed E-state index contributed by atoms with van der Waals surface area (Å²) in [6, 6.07) is 0. The molecule has 0 bridgehead atoms. The molecular weight excluding hydrogens is 204 g/mol. The van der Waals surface area contributed by atoms with Gasteiger partial charge in [-0.1, -0.05) is 33.6 Å². The summed E-state index contributed by atoms with van der Waals surface area (Å²) in [7, 11) is 0. The van der Waals surface area contributed by atoms with Crippen LogP contribution in [0.2, 0.25) is 0 Å². The van der Waals surface area contributed by atoms with E-state index in [1.54, 1.807) is 0 Å². The lowest BCUT2D eigenvalue weighted by Crippen LogP contribution is -2.73. The molecule has 0 aromatic carbocycles. The molecule has 0 heterocycles. The van der Waals surface area contributed by atoms with Crippen LogP contribution in [0.15, 0.2) is 0 Å². The molecule has 0 aromatic heterocycles. The fraction of sp³-hybridized carbons (Fsp3) is 0.923. The summed E-state index contributed by atoms with van der Waals surface area (Å²) in [5.74, 6) is -0.178. The Morgan fingerprint density at radius 3 is 2.31 bits per heavy atom. The van der Waals surface area contributed by atoms with E-state index in [9.17, 15) is 15.0 Å². The lowest BCUT2D eigenvalue weighted by Gasteiger charge is -2.58. The second-order valence-corrected chi connectivity index (χ2v) is 6.32. The molecule has 2 aliphatic rings. The van der Waals surface area contributed by atoms with Crippen LogP contribution in [0, 0.1) is 11.3 Å². The van der Waals surface area contributed by atoms with Crippen LogP contribution in [0.3, 0.4) is 0 Å². The number of hydrogen-bond donors (Lipinski definition) is 2. The monoisotopic (exact) mass is 226 g/mol. The first-order valence-corrected chi connectivity index (χ1v) is 6.24. The Balaban J connectivity index is 2.27. The van der Waals surface area contributed by atoms with Crippen molar-refractivity contribution in [1.82, 2.24) is 0 Å². The maximum absolute atomic E-state index is 12.0. The van der Waals surface area contributed by atoms with Gasteiger partial charge in [0.05, 0.1) is 0 Å². The summed E-state index contributed by atoms with van der Waals surface area (Å²) in [4.78, 5) is 12.0. The summed E-state index contributed by atoms with van der Waals surface area (Å²) in [6.45, 7) is 5.61. The van der Waals surface area contributed by atoms with Crippen LogP contribution >= 0.6 is 0 Å². The first kappa shape index (κ1) is 12.1. The first-order valence-electron chi connectivity index (χ1n) is 6.24. The van der Waals surface area contributed by atoms with Gasteiger partial charge < -0.3 is 10.2 Å². The quantitative estimate of drug-likeness (QED) is 0.715. The van der Waals surface area contributed by atoms with Gasteiger partial charge in [0, 0.05) is 5.41 Å². The van der Waals surface area contributed by atoms with Crippen molar-refractivity contribution in [2.24, 2.45) is 11.3 Å². The Labute approximate surface area is 96.9 Å². The van der Waals surface area contributed by atoms with Crippen molar-refractivity contribution >= 4 is 5.78 Å². The number of carbonyl (C=O) groups excluding carboxylic acids is 1. The molecule has 3 atom stereocenters. The van der Waals surface area contributed by atoms with E-state index in [2.05, 4.69) is 0 Å². The molecule has 0 spiro atoms. The zero-order chi connectivity index (χ0) is 12.2. The number of hydrogen-bond acceptors (Lipinski definition) is 3. The molecule has 0 saturated heterocycles. The Morgan fingerprint density at radius 1 is 1.25 bits per heavy atom. The largest absolute Gasteiger partial charge is 0.386 e. The number of carbonyl (C=O) groups is 1. The SMILES string of the molecule is C[C@H]1CCCC[C@]1(O)C1(O)CC(C)(C)C1=O. The van der Waals surface area contributed by atoms with Gasteiger partial charge in [-0.25, -0.2) is 0 Å². The molecule has 2 aliphatic carbocycles. The number of aliphatic hydroxyl groups is 2. The molecule has 3 heteroatoms. The maximum atomic E-state index is 12.0. The molecular formula is C13H22O3. The van der Waals surface area contributed by atoms with E-state index in [0.29, 0.717) is 12.8 Å². The van der Waals surface area contributed by atoms with Crippen LogP contribution < -0.4 is 0 Å². The fourth-order valence-electron chi connectivity index (χ4n) is 3.55. The average Bonchev–Trinajstić information content (AvgIpc) is 2.21. The molecule has 0 amide bonds. The molecule has 0 radical (unpaired) electrons. The van der Waals surface area contributed by atoms with E-state index in [4.69, 9.17) is 0 Å². The lowest BCUT2D eigenvalue weighted by molar-refractivity contribution is -0.237. The van der Waals surface area contributed by atoms with Gasteiger partial charge in [-0.15, -0.1) is 0 Å². The third-order valence-corrected chi connectivity index (χ3v) is 4.66. The maximum Gasteiger partial charge on any atom is 0.173 e. The van der Waals surface area contributed by atoms with Crippen molar-refractivity contribution in [1.29, 1.82) is 0 Å². The molecule has 0 aromatic rings. The van der Waals surface area contributed by atoms with Crippen molar-refractivity contribution in [3.05, 3.63) is 0 Å². The predicted molar refractivity (Wildman–Crippen MR) is 60.9 cm³/mol. The number of ketones is 1. The predicted octanol–water partition coefficient (Wildman–Crippen LogP) is 1.66.